The van der Waals surface area contributed by atoms with E-state index in [2.05, 4.69) is 73.4 Å². The van der Waals surface area contributed by atoms with E-state index in [1.54, 1.807) is 0 Å². The van der Waals surface area contributed by atoms with Gasteiger partial charge in [0.15, 0.2) is 11.5 Å². The first-order valence-corrected chi connectivity index (χ1v) is 12.0. The number of ketones is 1. The molecule has 2 aliphatic heterocycles. The molecule has 0 unspecified atom stereocenters. The molecular formula is C31H29N4O+. The molecule has 0 saturated heterocycles. The molecule has 0 bridgehead atoms. The molecule has 0 radical (unpaired) electrons. The molecule has 5 heteroatoms. The van der Waals surface area contributed by atoms with Crippen molar-refractivity contribution in [1.29, 1.82) is 10.7 Å². The molecule has 0 amide bonds. The number of para-hydroxylation sites is 2. The number of hydrogen-bond acceptors (Lipinski definition) is 4. The highest BCUT2D eigenvalue weighted by Crippen LogP contribution is 2.49. The van der Waals surface area contributed by atoms with E-state index in [1.165, 1.54) is 11.1 Å². The molecule has 0 spiro atoms. The lowest BCUT2D eigenvalue weighted by Gasteiger charge is -2.28. The van der Waals surface area contributed by atoms with Crippen LogP contribution in [0, 0.1) is 16.7 Å². The van der Waals surface area contributed by atoms with Crippen LogP contribution in [0.5, 0.6) is 0 Å². The Labute approximate surface area is 212 Å². The summed E-state index contributed by atoms with van der Waals surface area (Å²) in [6.07, 6.45) is 3.79. The molecule has 0 aromatic heterocycles. The first kappa shape index (κ1) is 23.5. The average Bonchev–Trinajstić information content (AvgIpc) is 3.18. The normalized spacial score (nSPS) is 21.4. The SMILES string of the molecule is CN1/C(=C/C2=C(C(=C=N)C#N)C(=C\C3=[N+](C)c4ccccc4C3(C)C)/C2=O)C(C)(C)c2ccccc21. The molecule has 178 valence electrons. The maximum atomic E-state index is 13.6. The van der Waals surface area contributed by atoms with E-state index < -0.39 is 0 Å². The van der Waals surface area contributed by atoms with Crippen LogP contribution in [0.1, 0.15) is 38.8 Å². The molecule has 5 rings (SSSR count). The molecule has 1 aliphatic carbocycles. The molecule has 0 saturated carbocycles. The van der Waals surface area contributed by atoms with Crippen LogP contribution in [0.15, 0.2) is 88.7 Å². The van der Waals surface area contributed by atoms with Gasteiger partial charge in [-0.1, -0.05) is 50.2 Å². The number of carbonyl (C=O) groups excluding carboxylic acids is 1. The van der Waals surface area contributed by atoms with E-state index in [1.807, 2.05) is 50.5 Å². The van der Waals surface area contributed by atoms with Gasteiger partial charge < -0.3 is 4.90 Å². The molecule has 0 fully saturated rings. The number of nitrogens with one attached hydrogen (secondary N) is 1. The fourth-order valence-electron chi connectivity index (χ4n) is 5.94. The van der Waals surface area contributed by atoms with Crippen LogP contribution in [0.4, 0.5) is 11.4 Å². The predicted octanol–water partition coefficient (Wildman–Crippen LogP) is 5.51. The summed E-state index contributed by atoms with van der Waals surface area (Å²) < 4.78 is 2.11. The number of anilines is 1. The van der Waals surface area contributed by atoms with E-state index in [0.29, 0.717) is 16.7 Å². The van der Waals surface area contributed by atoms with Crippen molar-refractivity contribution in [3.8, 4) is 6.07 Å². The molecule has 3 aliphatic rings. The van der Waals surface area contributed by atoms with Gasteiger partial charge in [0.05, 0.1) is 5.41 Å². The minimum absolute atomic E-state index is 0.0697. The monoisotopic (exact) mass is 473 g/mol. The lowest BCUT2D eigenvalue weighted by molar-refractivity contribution is -0.401. The summed E-state index contributed by atoms with van der Waals surface area (Å²) in [6.45, 7) is 8.56. The third-order valence-electron chi connectivity index (χ3n) is 7.96. The number of nitriles is 1. The average molecular weight is 474 g/mol. The number of hydrogen-bond donors (Lipinski definition) is 1. The Kier molecular flexibility index (Phi) is 5.14. The summed E-state index contributed by atoms with van der Waals surface area (Å²) in [5, 5.41) is 17.6. The number of benzene rings is 2. The number of fused-ring (bicyclic) bond motifs is 2. The Morgan fingerprint density at radius 2 is 1.64 bits per heavy atom. The van der Waals surface area contributed by atoms with Crippen LogP contribution in [-0.4, -0.2) is 36.0 Å². The van der Waals surface area contributed by atoms with Gasteiger partial charge in [-0.05, 0) is 37.4 Å². The van der Waals surface area contributed by atoms with Crippen molar-refractivity contribution in [3.63, 3.8) is 0 Å². The Morgan fingerprint density at radius 3 is 2.25 bits per heavy atom. The van der Waals surface area contributed by atoms with E-state index in [4.69, 9.17) is 5.41 Å². The van der Waals surface area contributed by atoms with E-state index in [-0.39, 0.29) is 22.2 Å². The predicted molar refractivity (Wildman–Crippen MR) is 143 cm³/mol. The number of nitrogens with zero attached hydrogens (tertiary/aromatic N) is 3. The van der Waals surface area contributed by atoms with Gasteiger partial charge in [0.1, 0.15) is 18.7 Å². The minimum atomic E-state index is -0.311. The second kappa shape index (κ2) is 7.88. The van der Waals surface area contributed by atoms with Crippen molar-refractivity contribution in [2.24, 2.45) is 0 Å². The van der Waals surface area contributed by atoms with Crippen molar-refractivity contribution in [3.05, 3.63) is 99.8 Å². The largest absolute Gasteiger partial charge is 0.347 e. The van der Waals surface area contributed by atoms with Crippen LogP contribution in [-0.2, 0) is 15.6 Å². The zero-order chi connectivity index (χ0) is 26.0. The van der Waals surface area contributed by atoms with Crippen molar-refractivity contribution >= 4 is 28.7 Å². The van der Waals surface area contributed by atoms with Crippen LogP contribution >= 0.6 is 0 Å². The Morgan fingerprint density at radius 1 is 1.00 bits per heavy atom. The van der Waals surface area contributed by atoms with Crippen LogP contribution in [0.2, 0.25) is 0 Å². The smallest absolute Gasteiger partial charge is 0.209 e. The molecule has 1 N–H and O–H groups in total. The Balaban J connectivity index is 1.68. The first-order valence-electron chi connectivity index (χ1n) is 12.0. The second-order valence-corrected chi connectivity index (χ2v) is 10.6. The van der Waals surface area contributed by atoms with Crippen LogP contribution in [0.3, 0.4) is 0 Å². The van der Waals surface area contributed by atoms with Crippen molar-refractivity contribution in [1.82, 2.24) is 0 Å². The topological polar surface area (TPSA) is 71.0 Å². The van der Waals surface area contributed by atoms with E-state index >= 15 is 0 Å². The molecule has 0 atom stereocenters. The maximum Gasteiger partial charge on any atom is 0.209 e. The molecule has 2 aromatic carbocycles. The standard InChI is InChI=1S/C31H29N4O/c1-30(2)22-11-7-9-13-24(22)34(5)26(30)15-20-28(19(17-32)18-33)21(29(20)36)16-27-31(3,4)23-12-8-10-14-25(23)35(27)6/h7-16,32H,1-6H3/q+1. The van der Waals surface area contributed by atoms with Crippen molar-refractivity contribution in [2.45, 2.75) is 38.5 Å². The van der Waals surface area contributed by atoms with E-state index in [9.17, 15) is 10.1 Å². The molecule has 2 aromatic rings. The molecule has 36 heavy (non-hydrogen) atoms. The van der Waals surface area contributed by atoms with Gasteiger partial charge in [-0.15, -0.1) is 0 Å². The second-order valence-electron chi connectivity index (χ2n) is 10.6. The number of carbonyl (C=O) groups is 1. The van der Waals surface area contributed by atoms with Crippen molar-refractivity contribution < 1.29 is 9.37 Å². The van der Waals surface area contributed by atoms with Gasteiger partial charge >= 0.3 is 0 Å². The molecular weight excluding hydrogens is 444 g/mol. The summed E-state index contributed by atoms with van der Waals surface area (Å²) in [5.41, 5.74) is 7.39. The molecule has 2 heterocycles. The fraction of sp³-hybridized carbons (Fsp3) is 0.258. The van der Waals surface area contributed by atoms with Crippen LogP contribution < -0.4 is 4.90 Å². The zero-order valence-electron chi connectivity index (χ0n) is 21.5. The molecule has 5 nitrogen and oxygen atoms in total. The summed E-state index contributed by atoms with van der Waals surface area (Å²) in [5.74, 6) is 2.15. The lowest BCUT2D eigenvalue weighted by atomic mass is 9.73. The van der Waals surface area contributed by atoms with Gasteiger partial charge in [-0.2, -0.15) is 9.84 Å². The maximum absolute atomic E-state index is 13.6. The van der Waals surface area contributed by atoms with Crippen LogP contribution in [0.25, 0.3) is 0 Å². The fourth-order valence-corrected chi connectivity index (χ4v) is 5.94. The lowest BCUT2D eigenvalue weighted by Crippen LogP contribution is -2.31. The van der Waals surface area contributed by atoms with Gasteiger partial charge in [0, 0.05) is 58.3 Å². The summed E-state index contributed by atoms with van der Waals surface area (Å²) in [6, 6.07) is 18.5. The number of allylic oxidation sites excluding steroid dienone is 7. The number of likely N-dealkylation sites (N-methyl/N-ethyl adjacent to an activating group) is 1. The summed E-state index contributed by atoms with van der Waals surface area (Å²) >= 11 is 0. The zero-order valence-corrected chi connectivity index (χ0v) is 21.5. The van der Waals surface area contributed by atoms with Crippen molar-refractivity contribution in [2.75, 3.05) is 19.0 Å². The van der Waals surface area contributed by atoms with Gasteiger partial charge in [0.2, 0.25) is 5.69 Å². The van der Waals surface area contributed by atoms with Gasteiger partial charge in [-0.25, -0.2) is 0 Å². The highest BCUT2D eigenvalue weighted by Gasteiger charge is 2.46. The summed E-state index contributed by atoms with van der Waals surface area (Å²) in [7, 11) is 4.00. The third-order valence-corrected chi connectivity index (χ3v) is 7.96. The minimum Gasteiger partial charge on any atom is -0.347 e. The number of Topliss-reactive ketones (excluding diaryl/α,β-unsaturated/α-hetero) is 1. The van der Waals surface area contributed by atoms with Gasteiger partial charge in [-0.3, -0.25) is 10.2 Å². The Hall–Kier alpha value is -4.26. The highest BCUT2D eigenvalue weighted by molar-refractivity contribution is 6.27. The first-order chi connectivity index (χ1) is 17.1. The quantitative estimate of drug-likeness (QED) is 0.277. The van der Waals surface area contributed by atoms with Gasteiger partial charge in [0.25, 0.3) is 0 Å². The highest BCUT2D eigenvalue weighted by atomic mass is 16.1. The third kappa shape index (κ3) is 3.05. The number of rotatable bonds is 3. The Bertz CT molecular complexity index is 1580. The summed E-state index contributed by atoms with van der Waals surface area (Å²) in [4.78, 5) is 15.7. The van der Waals surface area contributed by atoms with E-state index in [0.717, 1.165) is 22.8 Å².